The highest BCUT2D eigenvalue weighted by molar-refractivity contribution is 5.66. The van der Waals surface area contributed by atoms with Gasteiger partial charge in [-0.15, -0.1) is 0 Å². The van der Waals surface area contributed by atoms with E-state index in [4.69, 9.17) is 21.1 Å². The molecule has 108 valence electrons. The van der Waals surface area contributed by atoms with Crippen LogP contribution in [0, 0.1) is 0 Å². The number of rotatable bonds is 5. The average Bonchev–Trinajstić information content (AvgIpc) is 2.37. The maximum absolute atomic E-state index is 12.5. The second-order valence-corrected chi connectivity index (χ2v) is 4.03. The monoisotopic (exact) mass is 281 g/mol. The van der Waals surface area contributed by atoms with Crippen molar-refractivity contribution in [2.24, 2.45) is 0 Å². The highest BCUT2D eigenvalue weighted by Crippen LogP contribution is 2.32. The highest BCUT2D eigenvalue weighted by atomic mass is 19.4. The van der Waals surface area contributed by atoms with Gasteiger partial charge in [0.15, 0.2) is 0 Å². The number of hydrogen-bond donors (Lipinski definition) is 5. The van der Waals surface area contributed by atoms with Gasteiger partial charge < -0.3 is 26.4 Å². The molecule has 0 fully saturated rings. The molecule has 0 aliphatic rings. The molecule has 0 unspecified atom stereocenters. The number of alkyl halides is 3. The summed E-state index contributed by atoms with van der Waals surface area (Å²) in [4.78, 5) is 3.14. The van der Waals surface area contributed by atoms with Crippen LogP contribution in [-0.2, 0) is 6.18 Å². The fourth-order valence-electron chi connectivity index (χ4n) is 1.28. The van der Waals surface area contributed by atoms with Gasteiger partial charge in [0.25, 0.3) is 0 Å². The Morgan fingerprint density at radius 3 is 2.11 bits per heavy atom. The topological polar surface area (TPSA) is 112 Å². The first kappa shape index (κ1) is 15.5. The van der Waals surface area contributed by atoms with Gasteiger partial charge in [-0.2, -0.15) is 13.2 Å². The van der Waals surface area contributed by atoms with E-state index in [0.29, 0.717) is 6.07 Å². The third-order valence-corrected chi connectivity index (χ3v) is 2.53. The first-order valence-corrected chi connectivity index (χ1v) is 5.21. The summed E-state index contributed by atoms with van der Waals surface area (Å²) in [5.41, 5.74) is 2.44. The molecule has 1 heterocycles. The van der Waals surface area contributed by atoms with Crippen LogP contribution in [0.3, 0.4) is 0 Å². The van der Waals surface area contributed by atoms with E-state index < -0.39 is 37.2 Å². The molecule has 19 heavy (non-hydrogen) atoms. The normalized spacial score (nSPS) is 12.5. The summed E-state index contributed by atoms with van der Waals surface area (Å²) in [7, 11) is 0. The molecule has 0 aliphatic heterocycles. The van der Waals surface area contributed by atoms with Crippen LogP contribution in [0.15, 0.2) is 12.3 Å². The van der Waals surface area contributed by atoms with Gasteiger partial charge in [0.1, 0.15) is 11.2 Å². The minimum atomic E-state index is -4.65. The number of nitrogen functional groups attached to an aromatic ring is 1. The summed E-state index contributed by atoms with van der Waals surface area (Å²) in [5, 5.41) is 29.7. The Morgan fingerprint density at radius 2 is 1.68 bits per heavy atom. The lowest BCUT2D eigenvalue weighted by Crippen LogP contribution is -2.49. The van der Waals surface area contributed by atoms with Gasteiger partial charge in [-0.3, -0.25) is 0 Å². The second-order valence-electron chi connectivity index (χ2n) is 4.03. The molecule has 1 aromatic heterocycles. The lowest BCUT2D eigenvalue weighted by atomic mass is 10.0. The van der Waals surface area contributed by atoms with E-state index in [1.807, 2.05) is 0 Å². The van der Waals surface area contributed by atoms with Gasteiger partial charge in [-0.05, 0) is 6.07 Å². The highest BCUT2D eigenvalue weighted by Gasteiger charge is 2.34. The SMILES string of the molecule is Nc1cnc(C(F)(F)F)cc1NC(CO)(CO)CO. The molecule has 0 amide bonds. The number of aliphatic hydroxyl groups is 3. The van der Waals surface area contributed by atoms with Gasteiger partial charge in [0.2, 0.25) is 0 Å². The standard InChI is InChI=1S/C10H14F3N3O3/c11-10(12,13)8-1-7(6(14)2-15-8)16-9(3-17,4-18)5-19/h1-2,17-19H,3-5,14H2,(H,15,16). The summed E-state index contributed by atoms with van der Waals surface area (Å²) < 4.78 is 37.5. The minimum Gasteiger partial charge on any atom is -0.396 e. The lowest BCUT2D eigenvalue weighted by molar-refractivity contribution is -0.141. The van der Waals surface area contributed by atoms with Gasteiger partial charge in [-0.25, -0.2) is 4.98 Å². The van der Waals surface area contributed by atoms with E-state index in [-0.39, 0.29) is 11.4 Å². The quantitative estimate of drug-likeness (QED) is 0.511. The van der Waals surface area contributed by atoms with Crippen molar-refractivity contribution in [3.8, 4) is 0 Å². The van der Waals surface area contributed by atoms with Crippen LogP contribution < -0.4 is 11.1 Å². The van der Waals surface area contributed by atoms with E-state index in [1.165, 1.54) is 0 Å². The molecule has 6 N–H and O–H groups in total. The number of anilines is 2. The molecule has 1 rings (SSSR count). The molecular formula is C10H14F3N3O3. The van der Waals surface area contributed by atoms with Crippen LogP contribution in [0.25, 0.3) is 0 Å². The molecule has 9 heteroatoms. The van der Waals surface area contributed by atoms with Crippen LogP contribution >= 0.6 is 0 Å². The van der Waals surface area contributed by atoms with E-state index in [9.17, 15) is 13.2 Å². The van der Waals surface area contributed by atoms with Gasteiger partial charge in [0.05, 0.1) is 37.4 Å². The fraction of sp³-hybridized carbons (Fsp3) is 0.500. The van der Waals surface area contributed by atoms with Crippen molar-refractivity contribution in [1.82, 2.24) is 4.98 Å². The molecule has 0 saturated heterocycles. The number of nitrogens with zero attached hydrogens (tertiary/aromatic N) is 1. The maximum Gasteiger partial charge on any atom is 0.433 e. The van der Waals surface area contributed by atoms with Crippen molar-refractivity contribution >= 4 is 11.4 Å². The zero-order valence-corrected chi connectivity index (χ0v) is 9.78. The molecule has 1 aromatic rings. The molecular weight excluding hydrogens is 267 g/mol. The summed E-state index contributed by atoms with van der Waals surface area (Å²) in [5.74, 6) is 0. The number of aliphatic hydroxyl groups excluding tert-OH is 3. The third kappa shape index (κ3) is 3.46. The smallest absolute Gasteiger partial charge is 0.396 e. The Kier molecular flexibility index (Phi) is 4.56. The van der Waals surface area contributed by atoms with Crippen LogP contribution in [-0.4, -0.2) is 45.7 Å². The first-order chi connectivity index (χ1) is 8.78. The second kappa shape index (κ2) is 5.59. The van der Waals surface area contributed by atoms with Gasteiger partial charge in [0, 0.05) is 0 Å². The lowest BCUT2D eigenvalue weighted by Gasteiger charge is -2.30. The van der Waals surface area contributed by atoms with Crippen LogP contribution in [0.4, 0.5) is 24.5 Å². The van der Waals surface area contributed by atoms with Crippen LogP contribution in [0.5, 0.6) is 0 Å². The van der Waals surface area contributed by atoms with Crippen molar-refractivity contribution in [2.45, 2.75) is 11.7 Å². The predicted octanol–water partition coefficient (Wildman–Crippen LogP) is -0.190. The molecule has 0 aromatic carbocycles. The molecule has 0 saturated carbocycles. The first-order valence-electron chi connectivity index (χ1n) is 5.21. The summed E-state index contributed by atoms with van der Waals surface area (Å²) in [6.45, 7) is -2.07. The van der Waals surface area contributed by atoms with Gasteiger partial charge >= 0.3 is 6.18 Å². The number of aromatic nitrogens is 1. The predicted molar refractivity (Wildman–Crippen MR) is 61.3 cm³/mol. The van der Waals surface area contributed by atoms with Gasteiger partial charge in [-0.1, -0.05) is 0 Å². The van der Waals surface area contributed by atoms with Crippen molar-refractivity contribution in [3.05, 3.63) is 18.0 Å². The summed E-state index contributed by atoms with van der Waals surface area (Å²) in [6.07, 6.45) is -3.84. The molecule has 0 spiro atoms. The van der Waals surface area contributed by atoms with Crippen LogP contribution in [0.2, 0.25) is 0 Å². The fourth-order valence-corrected chi connectivity index (χ4v) is 1.28. The largest absolute Gasteiger partial charge is 0.433 e. The number of hydrogen-bond acceptors (Lipinski definition) is 6. The number of nitrogens with two attached hydrogens (primary N) is 1. The Balaban J connectivity index is 3.13. The number of pyridine rings is 1. The van der Waals surface area contributed by atoms with E-state index in [2.05, 4.69) is 10.3 Å². The minimum absolute atomic E-state index is 0.104. The molecule has 0 atom stereocenters. The van der Waals surface area contributed by atoms with E-state index in [1.54, 1.807) is 0 Å². The molecule has 0 aliphatic carbocycles. The molecule has 6 nitrogen and oxygen atoms in total. The van der Waals surface area contributed by atoms with Crippen molar-refractivity contribution in [2.75, 3.05) is 30.9 Å². The zero-order chi connectivity index (χ0) is 14.7. The van der Waals surface area contributed by atoms with Crippen molar-refractivity contribution in [3.63, 3.8) is 0 Å². The summed E-state index contributed by atoms with van der Waals surface area (Å²) >= 11 is 0. The van der Waals surface area contributed by atoms with Crippen molar-refractivity contribution < 1.29 is 28.5 Å². The number of halogens is 3. The Hall–Kier alpha value is -1.58. The Morgan fingerprint density at radius 1 is 1.16 bits per heavy atom. The zero-order valence-electron chi connectivity index (χ0n) is 9.78. The Labute approximate surface area is 106 Å². The number of nitrogens with one attached hydrogen (secondary N) is 1. The van der Waals surface area contributed by atoms with Crippen LogP contribution in [0.1, 0.15) is 5.69 Å². The maximum atomic E-state index is 12.5. The summed E-state index contributed by atoms with van der Waals surface area (Å²) in [6, 6.07) is 0.644. The molecule has 0 bridgehead atoms. The Bertz CT molecular complexity index is 427. The molecule has 0 radical (unpaired) electrons. The third-order valence-electron chi connectivity index (χ3n) is 2.53. The van der Waals surface area contributed by atoms with E-state index >= 15 is 0 Å². The average molecular weight is 281 g/mol. The van der Waals surface area contributed by atoms with E-state index in [0.717, 1.165) is 6.20 Å². The van der Waals surface area contributed by atoms with Crippen molar-refractivity contribution in [1.29, 1.82) is 0 Å².